The van der Waals surface area contributed by atoms with E-state index in [1.54, 1.807) is 6.07 Å². The lowest BCUT2D eigenvalue weighted by Crippen LogP contribution is -2.50. The highest BCUT2D eigenvalue weighted by molar-refractivity contribution is 5.94. The Kier molecular flexibility index (Phi) is 5.91. The van der Waals surface area contributed by atoms with Crippen molar-refractivity contribution in [2.75, 3.05) is 5.32 Å². The Hall–Kier alpha value is -2.90. The van der Waals surface area contributed by atoms with Crippen molar-refractivity contribution in [1.29, 1.82) is 0 Å². The maximum Gasteiger partial charge on any atom is 0.407 e. The van der Waals surface area contributed by atoms with Crippen LogP contribution >= 0.6 is 0 Å². The zero-order valence-corrected chi connectivity index (χ0v) is 17.3. The first-order valence-corrected chi connectivity index (χ1v) is 9.90. The van der Waals surface area contributed by atoms with Crippen LogP contribution in [0, 0.1) is 6.92 Å². The first-order valence-electron chi connectivity index (χ1n) is 9.90. The van der Waals surface area contributed by atoms with E-state index in [9.17, 15) is 14.7 Å². The van der Waals surface area contributed by atoms with E-state index in [0.717, 1.165) is 36.6 Å². The van der Waals surface area contributed by atoms with Crippen LogP contribution in [0.25, 0.3) is 10.9 Å². The molecule has 1 heterocycles. The molecule has 2 aromatic rings. The minimum atomic E-state index is -1.18. The van der Waals surface area contributed by atoms with Gasteiger partial charge in [0.05, 0.1) is 11.6 Å². The first kappa shape index (κ1) is 20.8. The standard InChI is InChI=1S/C21H28N4O4/c1-12-9-10-14-13(11-12)17(25-18(22-14)19(26)27)23-15-7-5-6-8-16(15)24-20(28)29-21(2,3)4/h9-11,15-16H,5-8H2,1-4H3,(H,24,28)(H,26,27)(H,22,23,25)/t15-,16+/m0/s1. The number of carboxylic acids is 1. The predicted octanol–water partition coefficient (Wildman–Crippen LogP) is 3.88. The maximum absolute atomic E-state index is 12.3. The van der Waals surface area contributed by atoms with E-state index in [2.05, 4.69) is 20.6 Å². The van der Waals surface area contributed by atoms with Gasteiger partial charge < -0.3 is 20.5 Å². The van der Waals surface area contributed by atoms with E-state index in [0.29, 0.717) is 11.3 Å². The van der Waals surface area contributed by atoms with Crippen LogP contribution in [0.1, 0.15) is 62.6 Å². The number of carboxylic acid groups (broad SMARTS) is 1. The summed E-state index contributed by atoms with van der Waals surface area (Å²) in [7, 11) is 0. The number of fused-ring (bicyclic) bond motifs is 1. The summed E-state index contributed by atoms with van der Waals surface area (Å²) in [6.45, 7) is 7.44. The average molecular weight is 400 g/mol. The van der Waals surface area contributed by atoms with Crippen LogP contribution in [0.5, 0.6) is 0 Å². The third-order valence-corrected chi connectivity index (χ3v) is 4.83. The number of amides is 1. The van der Waals surface area contributed by atoms with Crippen LogP contribution in [-0.2, 0) is 4.74 Å². The van der Waals surface area contributed by atoms with E-state index >= 15 is 0 Å². The molecule has 1 saturated carbocycles. The van der Waals surface area contributed by atoms with Gasteiger partial charge in [0, 0.05) is 11.4 Å². The molecule has 3 N–H and O–H groups in total. The molecule has 1 amide bonds. The lowest BCUT2D eigenvalue weighted by Gasteiger charge is -2.34. The number of carbonyl (C=O) groups excluding carboxylic acids is 1. The molecule has 8 nitrogen and oxygen atoms in total. The summed E-state index contributed by atoms with van der Waals surface area (Å²) in [4.78, 5) is 32.1. The lowest BCUT2D eigenvalue weighted by molar-refractivity contribution is 0.0488. The molecule has 1 fully saturated rings. The maximum atomic E-state index is 12.3. The third kappa shape index (κ3) is 5.34. The van der Waals surface area contributed by atoms with Crippen molar-refractivity contribution in [3.63, 3.8) is 0 Å². The van der Waals surface area contributed by atoms with Crippen molar-refractivity contribution < 1.29 is 19.4 Å². The highest BCUT2D eigenvalue weighted by atomic mass is 16.6. The summed E-state index contributed by atoms with van der Waals surface area (Å²) < 4.78 is 5.39. The Labute approximate surface area is 170 Å². The molecule has 0 unspecified atom stereocenters. The average Bonchev–Trinajstić information content (AvgIpc) is 2.61. The molecule has 0 aliphatic heterocycles. The molecule has 0 bridgehead atoms. The van der Waals surface area contributed by atoms with Gasteiger partial charge in [-0.25, -0.2) is 19.6 Å². The molecule has 156 valence electrons. The number of hydrogen-bond acceptors (Lipinski definition) is 6. The number of rotatable bonds is 4. The number of alkyl carbamates (subject to hydrolysis) is 1. The molecule has 0 spiro atoms. The number of aryl methyl sites for hydroxylation is 1. The van der Waals surface area contributed by atoms with Gasteiger partial charge in [0.25, 0.3) is 0 Å². The Bertz CT molecular complexity index is 923. The number of hydrogen-bond donors (Lipinski definition) is 3. The topological polar surface area (TPSA) is 113 Å². The van der Waals surface area contributed by atoms with E-state index in [1.165, 1.54) is 0 Å². The number of anilines is 1. The zero-order chi connectivity index (χ0) is 21.2. The fraction of sp³-hybridized carbons (Fsp3) is 0.524. The number of nitrogens with zero attached hydrogens (tertiary/aromatic N) is 2. The smallest absolute Gasteiger partial charge is 0.407 e. The van der Waals surface area contributed by atoms with E-state index in [-0.39, 0.29) is 17.9 Å². The van der Waals surface area contributed by atoms with Crippen molar-refractivity contribution >= 4 is 28.8 Å². The SMILES string of the molecule is Cc1ccc2nc(C(=O)O)nc(N[C@H]3CCCC[C@H]3NC(=O)OC(C)(C)C)c2c1. The third-order valence-electron chi connectivity index (χ3n) is 4.83. The first-order chi connectivity index (χ1) is 13.6. The number of carbonyl (C=O) groups is 2. The van der Waals surface area contributed by atoms with Gasteiger partial charge in [0.2, 0.25) is 5.82 Å². The van der Waals surface area contributed by atoms with Gasteiger partial charge >= 0.3 is 12.1 Å². The van der Waals surface area contributed by atoms with Crippen LogP contribution in [-0.4, -0.2) is 44.8 Å². The van der Waals surface area contributed by atoms with Crippen LogP contribution in [0.3, 0.4) is 0 Å². The molecular formula is C21H28N4O4. The fourth-order valence-corrected chi connectivity index (χ4v) is 3.56. The fourth-order valence-electron chi connectivity index (χ4n) is 3.56. The van der Waals surface area contributed by atoms with Crippen molar-refractivity contribution in [2.24, 2.45) is 0 Å². The van der Waals surface area contributed by atoms with Gasteiger partial charge in [-0.1, -0.05) is 24.5 Å². The minimum absolute atomic E-state index is 0.0866. The molecule has 1 aliphatic carbocycles. The molecule has 2 atom stereocenters. The van der Waals surface area contributed by atoms with E-state index < -0.39 is 17.7 Å². The van der Waals surface area contributed by atoms with Crippen LogP contribution in [0.15, 0.2) is 18.2 Å². The number of nitrogens with one attached hydrogen (secondary N) is 2. The summed E-state index contributed by atoms with van der Waals surface area (Å²) in [6, 6.07) is 5.39. The Morgan fingerprint density at radius 1 is 1.14 bits per heavy atom. The van der Waals surface area contributed by atoms with Crippen LogP contribution < -0.4 is 10.6 Å². The van der Waals surface area contributed by atoms with E-state index in [4.69, 9.17) is 4.74 Å². The predicted molar refractivity (Wildman–Crippen MR) is 110 cm³/mol. The number of aromatic carboxylic acids is 1. The monoisotopic (exact) mass is 400 g/mol. The second-order valence-electron chi connectivity index (χ2n) is 8.51. The zero-order valence-electron chi connectivity index (χ0n) is 17.3. The van der Waals surface area contributed by atoms with Gasteiger partial charge in [-0.2, -0.15) is 0 Å². The van der Waals surface area contributed by atoms with Crippen LogP contribution in [0.2, 0.25) is 0 Å². The summed E-state index contributed by atoms with van der Waals surface area (Å²) in [5.74, 6) is -0.960. The Balaban J connectivity index is 1.88. The molecule has 1 aromatic carbocycles. The summed E-state index contributed by atoms with van der Waals surface area (Å²) in [5, 5.41) is 16.5. The van der Waals surface area contributed by atoms with Crippen molar-refractivity contribution in [3.8, 4) is 0 Å². The van der Waals surface area contributed by atoms with Crippen LogP contribution in [0.4, 0.5) is 10.6 Å². The molecule has 1 aromatic heterocycles. The quantitative estimate of drug-likeness (QED) is 0.713. The van der Waals surface area contributed by atoms with Gasteiger partial charge in [0.15, 0.2) is 0 Å². The summed E-state index contributed by atoms with van der Waals surface area (Å²) in [5.41, 5.74) is 1.02. The van der Waals surface area contributed by atoms with Gasteiger partial charge in [-0.3, -0.25) is 0 Å². The van der Waals surface area contributed by atoms with E-state index in [1.807, 2.05) is 39.8 Å². The molecule has 3 rings (SSSR count). The second-order valence-corrected chi connectivity index (χ2v) is 8.51. The lowest BCUT2D eigenvalue weighted by atomic mass is 9.90. The van der Waals surface area contributed by atoms with Gasteiger partial charge in [-0.15, -0.1) is 0 Å². The van der Waals surface area contributed by atoms with Gasteiger partial charge in [-0.05, 0) is 52.7 Å². The Morgan fingerprint density at radius 2 is 1.83 bits per heavy atom. The molecular weight excluding hydrogens is 372 g/mol. The normalized spacial score (nSPS) is 19.6. The highest BCUT2D eigenvalue weighted by Crippen LogP contribution is 2.27. The molecule has 1 aliphatic rings. The summed E-state index contributed by atoms with van der Waals surface area (Å²) in [6.07, 6.45) is 3.21. The highest BCUT2D eigenvalue weighted by Gasteiger charge is 2.29. The van der Waals surface area contributed by atoms with Crippen molar-refractivity contribution in [2.45, 2.75) is 71.1 Å². The van der Waals surface area contributed by atoms with Crippen molar-refractivity contribution in [1.82, 2.24) is 15.3 Å². The molecule has 0 saturated heterocycles. The largest absolute Gasteiger partial charge is 0.475 e. The second kappa shape index (κ2) is 8.23. The summed E-state index contributed by atoms with van der Waals surface area (Å²) >= 11 is 0. The van der Waals surface area contributed by atoms with Crippen molar-refractivity contribution in [3.05, 3.63) is 29.6 Å². The number of benzene rings is 1. The Morgan fingerprint density at radius 3 is 2.48 bits per heavy atom. The number of ether oxygens (including phenoxy) is 1. The number of aromatic nitrogens is 2. The molecule has 0 radical (unpaired) electrons. The van der Waals surface area contributed by atoms with Gasteiger partial charge in [0.1, 0.15) is 11.4 Å². The molecule has 29 heavy (non-hydrogen) atoms. The molecule has 8 heteroatoms. The minimum Gasteiger partial charge on any atom is -0.475 e.